The minimum absolute atomic E-state index is 0.0386. The van der Waals surface area contributed by atoms with Gasteiger partial charge in [-0.1, -0.05) is 12.1 Å². The summed E-state index contributed by atoms with van der Waals surface area (Å²) in [6.45, 7) is 1.17. The predicted octanol–water partition coefficient (Wildman–Crippen LogP) is 1.00. The molecular formula is C14H14N2O3. The van der Waals surface area contributed by atoms with Gasteiger partial charge in [0.15, 0.2) is 5.78 Å². The maximum atomic E-state index is 12.2. The van der Waals surface area contributed by atoms with Crippen molar-refractivity contribution >= 4 is 16.7 Å². The van der Waals surface area contributed by atoms with Crippen LogP contribution in [0.5, 0.6) is 0 Å². The normalized spacial score (nSPS) is 18.8. The Morgan fingerprint density at radius 2 is 2.26 bits per heavy atom. The summed E-state index contributed by atoms with van der Waals surface area (Å²) in [5.74, 6) is -0.0462. The average molecular weight is 258 g/mol. The van der Waals surface area contributed by atoms with Crippen molar-refractivity contribution in [3.8, 4) is 0 Å². The first kappa shape index (κ1) is 12.0. The lowest BCUT2D eigenvalue weighted by Gasteiger charge is -2.09. The molecule has 1 saturated heterocycles. The fourth-order valence-corrected chi connectivity index (χ4v) is 2.30. The molecule has 1 fully saturated rings. The van der Waals surface area contributed by atoms with Gasteiger partial charge in [0, 0.05) is 12.5 Å². The topological polar surface area (TPSA) is 61.2 Å². The van der Waals surface area contributed by atoms with Crippen molar-refractivity contribution < 1.29 is 9.53 Å². The summed E-state index contributed by atoms with van der Waals surface area (Å²) in [6, 6.07) is 7.14. The van der Waals surface area contributed by atoms with E-state index in [0.29, 0.717) is 24.1 Å². The van der Waals surface area contributed by atoms with Gasteiger partial charge in [0.2, 0.25) is 0 Å². The second-order valence-electron chi connectivity index (χ2n) is 4.72. The number of carbonyl (C=O) groups excluding carboxylic acids is 1. The number of hydrogen-bond donors (Lipinski definition) is 0. The summed E-state index contributed by atoms with van der Waals surface area (Å²) in [5, 5.41) is 0.542. The third-order valence-electron chi connectivity index (χ3n) is 3.44. The molecule has 0 radical (unpaired) electrons. The molecule has 5 heteroatoms. The lowest BCUT2D eigenvalue weighted by molar-refractivity contribution is -0.123. The Kier molecular flexibility index (Phi) is 3.13. The van der Waals surface area contributed by atoms with Crippen LogP contribution in [-0.4, -0.2) is 28.5 Å². The van der Waals surface area contributed by atoms with Crippen molar-refractivity contribution in [2.24, 2.45) is 5.92 Å². The molecule has 1 aromatic heterocycles. The summed E-state index contributed by atoms with van der Waals surface area (Å²) in [4.78, 5) is 28.5. The van der Waals surface area contributed by atoms with Crippen molar-refractivity contribution in [2.75, 3.05) is 13.2 Å². The Balaban J connectivity index is 1.91. The number of rotatable bonds is 3. The first-order chi connectivity index (χ1) is 9.25. The van der Waals surface area contributed by atoms with E-state index in [2.05, 4.69) is 4.98 Å². The number of hydrogen-bond acceptors (Lipinski definition) is 4. The van der Waals surface area contributed by atoms with Gasteiger partial charge in [-0.2, -0.15) is 0 Å². The molecule has 1 unspecified atom stereocenters. The molecule has 5 nitrogen and oxygen atoms in total. The molecule has 2 heterocycles. The molecule has 0 bridgehead atoms. The van der Waals surface area contributed by atoms with E-state index in [1.807, 2.05) is 6.07 Å². The Morgan fingerprint density at radius 1 is 1.42 bits per heavy atom. The highest BCUT2D eigenvalue weighted by Gasteiger charge is 2.23. The van der Waals surface area contributed by atoms with Crippen LogP contribution >= 0.6 is 0 Å². The van der Waals surface area contributed by atoms with Crippen molar-refractivity contribution in [3.05, 3.63) is 40.9 Å². The molecule has 1 aliphatic heterocycles. The largest absolute Gasteiger partial charge is 0.381 e. The maximum Gasteiger partial charge on any atom is 0.261 e. The van der Waals surface area contributed by atoms with E-state index in [1.165, 1.54) is 10.9 Å². The fourth-order valence-electron chi connectivity index (χ4n) is 2.30. The van der Waals surface area contributed by atoms with Crippen LogP contribution in [0.25, 0.3) is 10.9 Å². The standard InChI is InChI=1S/C14H14N2O3/c17-13(10-5-6-19-8-10)7-16-9-15-12-4-2-1-3-11(12)14(16)18/h1-4,9-10H,5-8H2. The number of benzene rings is 1. The van der Waals surface area contributed by atoms with E-state index in [4.69, 9.17) is 4.74 Å². The molecule has 1 aliphatic rings. The molecule has 19 heavy (non-hydrogen) atoms. The fraction of sp³-hybridized carbons (Fsp3) is 0.357. The number of carbonyl (C=O) groups is 1. The van der Waals surface area contributed by atoms with Crippen molar-refractivity contribution in [1.82, 2.24) is 9.55 Å². The minimum atomic E-state index is -0.169. The average Bonchev–Trinajstić information content (AvgIpc) is 2.96. The van der Waals surface area contributed by atoms with Crippen molar-refractivity contribution in [2.45, 2.75) is 13.0 Å². The molecule has 0 aliphatic carbocycles. The highest BCUT2D eigenvalue weighted by molar-refractivity contribution is 5.82. The summed E-state index contributed by atoms with van der Waals surface area (Å²) >= 11 is 0. The zero-order valence-electron chi connectivity index (χ0n) is 10.4. The van der Waals surface area contributed by atoms with Crippen LogP contribution in [0, 0.1) is 5.92 Å². The van der Waals surface area contributed by atoms with Crippen LogP contribution in [0.15, 0.2) is 35.4 Å². The Morgan fingerprint density at radius 3 is 3.05 bits per heavy atom. The monoisotopic (exact) mass is 258 g/mol. The van der Waals surface area contributed by atoms with Crippen LogP contribution in [0.2, 0.25) is 0 Å². The second kappa shape index (κ2) is 4.93. The molecule has 0 N–H and O–H groups in total. The summed E-state index contributed by atoms with van der Waals surface area (Å²) in [5.41, 5.74) is 0.485. The molecule has 3 rings (SSSR count). The van der Waals surface area contributed by atoms with Crippen molar-refractivity contribution in [1.29, 1.82) is 0 Å². The Hall–Kier alpha value is -2.01. The van der Waals surface area contributed by atoms with Crippen LogP contribution in [0.4, 0.5) is 0 Å². The second-order valence-corrected chi connectivity index (χ2v) is 4.72. The predicted molar refractivity (Wildman–Crippen MR) is 69.9 cm³/mol. The van der Waals surface area contributed by atoms with E-state index >= 15 is 0 Å². The molecule has 1 aromatic carbocycles. The number of para-hydroxylation sites is 1. The van der Waals surface area contributed by atoms with Gasteiger partial charge in [-0.3, -0.25) is 14.2 Å². The minimum Gasteiger partial charge on any atom is -0.381 e. The molecule has 0 saturated carbocycles. The van der Waals surface area contributed by atoms with E-state index in [-0.39, 0.29) is 23.8 Å². The highest BCUT2D eigenvalue weighted by Crippen LogP contribution is 2.14. The lowest BCUT2D eigenvalue weighted by atomic mass is 10.0. The molecule has 1 atom stereocenters. The SMILES string of the molecule is O=C(Cn1cnc2ccccc2c1=O)C1CCOC1. The number of aromatic nitrogens is 2. The zero-order valence-corrected chi connectivity index (χ0v) is 10.4. The Bertz CT molecular complexity index is 672. The van der Waals surface area contributed by atoms with Gasteiger partial charge in [0.05, 0.1) is 30.4 Å². The van der Waals surface area contributed by atoms with Crippen LogP contribution in [0.1, 0.15) is 6.42 Å². The first-order valence-electron chi connectivity index (χ1n) is 6.30. The zero-order chi connectivity index (χ0) is 13.2. The molecule has 98 valence electrons. The van der Waals surface area contributed by atoms with Crippen molar-refractivity contribution in [3.63, 3.8) is 0 Å². The van der Waals surface area contributed by atoms with Crippen LogP contribution in [0.3, 0.4) is 0 Å². The van der Waals surface area contributed by atoms with Gasteiger partial charge in [-0.15, -0.1) is 0 Å². The number of nitrogens with zero attached hydrogens (tertiary/aromatic N) is 2. The van der Waals surface area contributed by atoms with E-state index < -0.39 is 0 Å². The van der Waals surface area contributed by atoms with E-state index in [1.54, 1.807) is 18.2 Å². The smallest absolute Gasteiger partial charge is 0.261 e. The first-order valence-corrected chi connectivity index (χ1v) is 6.30. The quantitative estimate of drug-likeness (QED) is 0.824. The summed E-state index contributed by atoms with van der Waals surface area (Å²) < 4.78 is 6.57. The number of Topliss-reactive ketones (excluding diaryl/α,β-unsaturated/α-hetero) is 1. The maximum absolute atomic E-state index is 12.2. The van der Waals surface area contributed by atoms with Crippen LogP contribution < -0.4 is 5.56 Å². The molecule has 2 aromatic rings. The van der Waals surface area contributed by atoms with Gasteiger partial charge in [0.1, 0.15) is 0 Å². The molecule has 0 spiro atoms. The van der Waals surface area contributed by atoms with Crippen LogP contribution in [-0.2, 0) is 16.1 Å². The van der Waals surface area contributed by atoms with Gasteiger partial charge >= 0.3 is 0 Å². The Labute approximate surface area is 109 Å². The van der Waals surface area contributed by atoms with E-state index in [9.17, 15) is 9.59 Å². The number of ether oxygens (including phenoxy) is 1. The number of ketones is 1. The van der Waals surface area contributed by atoms with Gasteiger partial charge in [-0.25, -0.2) is 4.98 Å². The number of fused-ring (bicyclic) bond motifs is 1. The van der Waals surface area contributed by atoms with E-state index in [0.717, 1.165) is 6.42 Å². The lowest BCUT2D eigenvalue weighted by Crippen LogP contribution is -2.28. The highest BCUT2D eigenvalue weighted by atomic mass is 16.5. The van der Waals surface area contributed by atoms with Gasteiger partial charge in [0.25, 0.3) is 5.56 Å². The van der Waals surface area contributed by atoms with Gasteiger partial charge < -0.3 is 4.74 Å². The van der Waals surface area contributed by atoms with Gasteiger partial charge in [-0.05, 0) is 18.6 Å². The third-order valence-corrected chi connectivity index (χ3v) is 3.44. The third kappa shape index (κ3) is 2.29. The molecular weight excluding hydrogens is 244 g/mol. The summed E-state index contributed by atoms with van der Waals surface area (Å²) in [7, 11) is 0. The summed E-state index contributed by atoms with van der Waals surface area (Å²) in [6.07, 6.45) is 2.19. The molecule has 0 amide bonds.